The largest absolute Gasteiger partial charge is 0.573 e. The van der Waals surface area contributed by atoms with Crippen LogP contribution in [0.25, 0.3) is 0 Å². The first-order valence-electron chi connectivity index (χ1n) is 2.29. The van der Waals surface area contributed by atoms with Gasteiger partial charge in [-0.2, -0.15) is 0 Å². The van der Waals surface area contributed by atoms with E-state index in [2.05, 4.69) is 9.46 Å². The monoisotopic (exact) mass is 170 g/mol. The maximum Gasteiger partial charge on any atom is 0.573 e. The maximum atomic E-state index is 11.4. The van der Waals surface area contributed by atoms with Gasteiger partial charge in [-0.05, 0) is 18.0 Å². The fourth-order valence-electron chi connectivity index (χ4n) is 0.397. The van der Waals surface area contributed by atoms with E-state index in [4.69, 9.17) is 0 Å². The summed E-state index contributed by atoms with van der Waals surface area (Å²) in [7, 11) is 0. The lowest BCUT2D eigenvalue weighted by atomic mass is 10.6. The van der Waals surface area contributed by atoms with Crippen molar-refractivity contribution in [3.8, 4) is 0 Å². The number of nitrogens with one attached hydrogen (secondary N) is 1. The van der Waals surface area contributed by atoms with E-state index >= 15 is 0 Å². The average molecular weight is 170 g/mol. The van der Waals surface area contributed by atoms with Crippen molar-refractivity contribution in [2.24, 2.45) is 0 Å². The summed E-state index contributed by atoms with van der Waals surface area (Å²) in [6.45, 7) is 1.37. The minimum absolute atomic E-state index is 0.187. The minimum Gasteiger partial charge on any atom is -0.398 e. The SMILES string of the molecule is FC(F)(F)OC1=C[CH]NS1. The van der Waals surface area contributed by atoms with Crippen LogP contribution in [0.2, 0.25) is 0 Å². The molecule has 1 aliphatic heterocycles. The van der Waals surface area contributed by atoms with Gasteiger partial charge in [0.2, 0.25) is 0 Å². The van der Waals surface area contributed by atoms with Crippen LogP contribution in [0.4, 0.5) is 13.2 Å². The summed E-state index contributed by atoms with van der Waals surface area (Å²) >= 11 is 0.783. The number of halogens is 3. The standard InChI is InChI=1S/C4H3F3NOS/c5-4(6,7)9-3-1-2-8-10-3/h1-2,8H. The van der Waals surface area contributed by atoms with E-state index in [1.54, 1.807) is 0 Å². The van der Waals surface area contributed by atoms with Crippen LogP contribution in [-0.4, -0.2) is 6.36 Å². The van der Waals surface area contributed by atoms with Crippen molar-refractivity contribution in [1.29, 1.82) is 0 Å². The molecule has 10 heavy (non-hydrogen) atoms. The molecule has 2 nitrogen and oxygen atoms in total. The van der Waals surface area contributed by atoms with Gasteiger partial charge in [-0.25, -0.2) is 4.72 Å². The molecule has 1 aliphatic rings. The highest BCUT2D eigenvalue weighted by molar-refractivity contribution is 8.01. The van der Waals surface area contributed by atoms with Gasteiger partial charge >= 0.3 is 6.36 Å². The van der Waals surface area contributed by atoms with Crippen molar-refractivity contribution < 1.29 is 17.9 Å². The van der Waals surface area contributed by atoms with Crippen LogP contribution in [0.5, 0.6) is 0 Å². The zero-order chi connectivity index (χ0) is 7.61. The molecule has 0 atom stereocenters. The Morgan fingerprint density at radius 3 is 2.60 bits per heavy atom. The molecule has 0 aromatic rings. The van der Waals surface area contributed by atoms with Crippen LogP contribution in [0, 0.1) is 6.54 Å². The van der Waals surface area contributed by atoms with Crippen molar-refractivity contribution in [3.63, 3.8) is 0 Å². The highest BCUT2D eigenvalue weighted by Gasteiger charge is 2.33. The third kappa shape index (κ3) is 2.49. The molecular formula is C4H3F3NOS. The van der Waals surface area contributed by atoms with Gasteiger partial charge in [-0.1, -0.05) is 0 Å². The van der Waals surface area contributed by atoms with Gasteiger partial charge in [0.25, 0.3) is 0 Å². The van der Waals surface area contributed by atoms with Crippen molar-refractivity contribution in [2.75, 3.05) is 0 Å². The van der Waals surface area contributed by atoms with Gasteiger partial charge in [-0.3, -0.25) is 0 Å². The molecule has 6 heteroatoms. The first-order valence-corrected chi connectivity index (χ1v) is 3.11. The number of rotatable bonds is 1. The van der Waals surface area contributed by atoms with E-state index in [1.807, 2.05) is 0 Å². The summed E-state index contributed by atoms with van der Waals surface area (Å²) < 4.78 is 40.2. The first-order chi connectivity index (χ1) is 4.58. The maximum absolute atomic E-state index is 11.4. The second-order valence-electron chi connectivity index (χ2n) is 1.42. The highest BCUT2D eigenvalue weighted by atomic mass is 32.2. The lowest BCUT2D eigenvalue weighted by Gasteiger charge is -2.06. The van der Waals surface area contributed by atoms with E-state index < -0.39 is 6.36 Å². The molecule has 1 N–H and O–H groups in total. The Bertz CT molecular complexity index is 155. The molecular weight excluding hydrogens is 167 g/mol. The Hall–Kier alpha value is -0.360. The summed E-state index contributed by atoms with van der Waals surface area (Å²) in [5.74, 6) is 0. The topological polar surface area (TPSA) is 21.3 Å². The van der Waals surface area contributed by atoms with E-state index in [0.717, 1.165) is 11.9 Å². The molecule has 0 unspecified atom stereocenters. The summed E-state index contributed by atoms with van der Waals surface area (Å²) in [5, 5.41) is -0.187. The van der Waals surface area contributed by atoms with Gasteiger partial charge in [0, 0.05) is 0 Å². The Balaban J connectivity index is 2.38. The second-order valence-corrected chi connectivity index (χ2v) is 2.26. The minimum atomic E-state index is -4.58. The average Bonchev–Trinajstić information content (AvgIpc) is 2.12. The summed E-state index contributed by atoms with van der Waals surface area (Å²) in [4.78, 5) is 0. The molecule has 0 aromatic heterocycles. The molecule has 1 heterocycles. The Kier molecular flexibility index (Phi) is 2.10. The third-order valence-electron chi connectivity index (χ3n) is 0.663. The predicted molar refractivity (Wildman–Crippen MR) is 30.2 cm³/mol. The van der Waals surface area contributed by atoms with Crippen molar-refractivity contribution in [3.05, 3.63) is 17.7 Å². The Morgan fingerprint density at radius 1 is 1.50 bits per heavy atom. The molecule has 0 bridgehead atoms. The number of hydrogen-bond donors (Lipinski definition) is 1. The first kappa shape index (κ1) is 7.74. The van der Waals surface area contributed by atoms with Gasteiger partial charge in [-0.15, -0.1) is 13.2 Å². The molecule has 1 radical (unpaired) electrons. The van der Waals surface area contributed by atoms with Gasteiger partial charge < -0.3 is 4.74 Å². The van der Waals surface area contributed by atoms with Crippen LogP contribution in [0.3, 0.4) is 0 Å². The third-order valence-corrected chi connectivity index (χ3v) is 1.34. The molecule has 0 amide bonds. The van der Waals surface area contributed by atoms with Crippen LogP contribution >= 0.6 is 11.9 Å². The number of ether oxygens (including phenoxy) is 1. The smallest absolute Gasteiger partial charge is 0.398 e. The van der Waals surface area contributed by atoms with E-state index in [0.29, 0.717) is 0 Å². The highest BCUT2D eigenvalue weighted by Crippen LogP contribution is 2.28. The van der Waals surface area contributed by atoms with Gasteiger partial charge in [0.1, 0.15) is 0 Å². The van der Waals surface area contributed by atoms with Crippen LogP contribution in [0.15, 0.2) is 11.2 Å². The molecule has 0 saturated heterocycles. The Morgan fingerprint density at radius 2 is 2.20 bits per heavy atom. The van der Waals surface area contributed by atoms with Gasteiger partial charge in [0.05, 0.1) is 6.54 Å². The molecule has 0 saturated carbocycles. The van der Waals surface area contributed by atoms with Crippen molar-refractivity contribution >= 4 is 11.9 Å². The van der Waals surface area contributed by atoms with Gasteiger partial charge in [0.15, 0.2) is 5.09 Å². The lowest BCUT2D eigenvalue weighted by Crippen LogP contribution is -2.11. The molecule has 1 rings (SSSR count). The zero-order valence-electron chi connectivity index (χ0n) is 4.61. The number of alkyl halides is 3. The summed E-state index contributed by atoms with van der Waals surface area (Å²) in [5.41, 5.74) is 0. The molecule has 0 spiro atoms. The van der Waals surface area contributed by atoms with Crippen molar-refractivity contribution in [1.82, 2.24) is 4.72 Å². The number of hydrogen-bond acceptors (Lipinski definition) is 3. The van der Waals surface area contributed by atoms with Crippen molar-refractivity contribution in [2.45, 2.75) is 6.36 Å². The van der Waals surface area contributed by atoms with Crippen LogP contribution < -0.4 is 4.72 Å². The lowest BCUT2D eigenvalue weighted by molar-refractivity contribution is -0.300. The molecule has 0 aromatic carbocycles. The Labute approximate surface area is 59.6 Å². The fraction of sp³-hybridized carbons (Fsp3) is 0.250. The second kappa shape index (κ2) is 2.71. The normalized spacial score (nSPS) is 18.9. The van der Waals surface area contributed by atoms with Crippen LogP contribution in [0.1, 0.15) is 0 Å². The van der Waals surface area contributed by atoms with Crippen LogP contribution in [-0.2, 0) is 4.74 Å². The molecule has 0 aliphatic carbocycles. The molecule has 0 fully saturated rings. The van der Waals surface area contributed by atoms with E-state index in [9.17, 15) is 13.2 Å². The quantitative estimate of drug-likeness (QED) is 0.606. The molecule has 57 valence electrons. The van der Waals surface area contributed by atoms with E-state index in [-0.39, 0.29) is 5.09 Å². The fourth-order valence-corrected chi connectivity index (χ4v) is 0.922. The summed E-state index contributed by atoms with van der Waals surface area (Å²) in [6, 6.07) is 0. The predicted octanol–water partition coefficient (Wildman–Crippen LogP) is 1.78. The summed E-state index contributed by atoms with van der Waals surface area (Å²) in [6.07, 6.45) is -3.38. The zero-order valence-corrected chi connectivity index (χ0v) is 5.42. The van der Waals surface area contributed by atoms with E-state index in [1.165, 1.54) is 12.6 Å².